The molecule has 0 atom stereocenters. The van der Waals surface area contributed by atoms with E-state index in [0.717, 1.165) is 45.9 Å². The first-order valence-electron chi connectivity index (χ1n) is 11.4. The first-order valence-corrected chi connectivity index (χ1v) is 11.4. The molecule has 1 fully saturated rings. The zero-order valence-corrected chi connectivity index (χ0v) is 18.3. The van der Waals surface area contributed by atoms with E-state index in [1.54, 1.807) is 6.26 Å². The van der Waals surface area contributed by atoms with Crippen molar-refractivity contribution < 1.29 is 9.15 Å². The molecule has 3 aromatic heterocycles. The molecule has 0 radical (unpaired) electrons. The third-order valence-corrected chi connectivity index (χ3v) is 6.09. The summed E-state index contributed by atoms with van der Waals surface area (Å²) in [5.74, 6) is 1.43. The average molecular weight is 440 g/mol. The summed E-state index contributed by atoms with van der Waals surface area (Å²) >= 11 is 0. The van der Waals surface area contributed by atoms with Crippen molar-refractivity contribution in [1.29, 1.82) is 0 Å². The van der Waals surface area contributed by atoms with Crippen LogP contribution in [0.4, 0.5) is 11.6 Å². The zero-order chi connectivity index (χ0) is 22.0. The molecule has 2 aromatic carbocycles. The SMILES string of the molecule is c1cc(-c2ccc3occc3c2)n2nc(Nc3ccc(OCCN4CCCC4)cc3)nc2c1. The maximum Gasteiger partial charge on any atom is 0.247 e. The van der Waals surface area contributed by atoms with Gasteiger partial charge in [0.05, 0.1) is 12.0 Å². The van der Waals surface area contributed by atoms with Crippen LogP contribution in [-0.4, -0.2) is 45.7 Å². The number of ether oxygens (including phenoxy) is 1. The van der Waals surface area contributed by atoms with Gasteiger partial charge >= 0.3 is 0 Å². The molecule has 0 bridgehead atoms. The molecule has 1 saturated heterocycles. The molecule has 7 heteroatoms. The molecule has 6 rings (SSSR count). The van der Waals surface area contributed by atoms with Crippen molar-refractivity contribution in [1.82, 2.24) is 19.5 Å². The fourth-order valence-corrected chi connectivity index (χ4v) is 4.37. The smallest absolute Gasteiger partial charge is 0.247 e. The minimum atomic E-state index is 0.551. The number of furan rings is 1. The molecule has 33 heavy (non-hydrogen) atoms. The Balaban J connectivity index is 1.17. The van der Waals surface area contributed by atoms with Gasteiger partial charge in [0.1, 0.15) is 17.9 Å². The largest absolute Gasteiger partial charge is 0.492 e. The van der Waals surface area contributed by atoms with Gasteiger partial charge in [-0.1, -0.05) is 6.07 Å². The third-order valence-electron chi connectivity index (χ3n) is 6.09. The van der Waals surface area contributed by atoms with Crippen LogP contribution in [0.2, 0.25) is 0 Å². The number of benzene rings is 2. The lowest BCUT2D eigenvalue weighted by molar-refractivity contribution is 0.238. The lowest BCUT2D eigenvalue weighted by Crippen LogP contribution is -2.25. The molecule has 0 saturated carbocycles. The van der Waals surface area contributed by atoms with E-state index in [1.165, 1.54) is 25.9 Å². The molecule has 4 heterocycles. The number of pyridine rings is 1. The topological polar surface area (TPSA) is 67.8 Å². The summed E-state index contributed by atoms with van der Waals surface area (Å²) in [5.41, 5.74) is 4.60. The molecule has 0 unspecified atom stereocenters. The number of likely N-dealkylation sites (tertiary alicyclic amines) is 1. The highest BCUT2D eigenvalue weighted by Gasteiger charge is 2.12. The first-order chi connectivity index (χ1) is 16.3. The molecular weight excluding hydrogens is 414 g/mol. The molecule has 1 aliphatic rings. The van der Waals surface area contributed by atoms with Crippen LogP contribution < -0.4 is 10.1 Å². The Labute approximate surface area is 191 Å². The van der Waals surface area contributed by atoms with Gasteiger partial charge in [0.2, 0.25) is 5.95 Å². The Bertz CT molecular complexity index is 1380. The summed E-state index contributed by atoms with van der Waals surface area (Å²) in [6.45, 7) is 4.09. The van der Waals surface area contributed by atoms with Gasteiger partial charge in [-0.05, 0) is 86.6 Å². The van der Waals surface area contributed by atoms with E-state index in [-0.39, 0.29) is 0 Å². The second-order valence-corrected chi connectivity index (χ2v) is 8.34. The Hall–Kier alpha value is -3.84. The van der Waals surface area contributed by atoms with Crippen molar-refractivity contribution >= 4 is 28.3 Å². The Kier molecular flexibility index (Phi) is 5.16. The number of fused-ring (bicyclic) bond motifs is 2. The second kappa shape index (κ2) is 8.60. The van der Waals surface area contributed by atoms with E-state index in [4.69, 9.17) is 14.3 Å². The van der Waals surface area contributed by atoms with Crippen LogP contribution >= 0.6 is 0 Å². The van der Waals surface area contributed by atoms with Crippen molar-refractivity contribution in [2.24, 2.45) is 0 Å². The van der Waals surface area contributed by atoms with Crippen molar-refractivity contribution in [2.45, 2.75) is 12.8 Å². The van der Waals surface area contributed by atoms with Gasteiger partial charge in [0, 0.05) is 23.2 Å². The summed E-state index contributed by atoms with van der Waals surface area (Å²) in [7, 11) is 0. The van der Waals surface area contributed by atoms with Gasteiger partial charge in [0.15, 0.2) is 5.65 Å². The van der Waals surface area contributed by atoms with E-state index in [9.17, 15) is 0 Å². The number of anilines is 2. The standard InChI is InChI=1S/C26H25N5O2/c1-2-14-30(13-1)15-17-32-22-9-7-21(8-10-22)27-26-28-25-5-3-4-23(31(25)29-26)19-6-11-24-20(18-19)12-16-33-24/h3-12,16,18H,1-2,13-15,17H2,(H,27,29). The summed E-state index contributed by atoms with van der Waals surface area (Å²) in [4.78, 5) is 7.10. The van der Waals surface area contributed by atoms with Crippen LogP contribution in [0.1, 0.15) is 12.8 Å². The Morgan fingerprint density at radius 1 is 0.970 bits per heavy atom. The van der Waals surface area contributed by atoms with Crippen molar-refractivity contribution in [3.63, 3.8) is 0 Å². The van der Waals surface area contributed by atoms with E-state index in [0.29, 0.717) is 12.6 Å². The van der Waals surface area contributed by atoms with Crippen molar-refractivity contribution in [2.75, 3.05) is 31.6 Å². The molecule has 166 valence electrons. The first kappa shape index (κ1) is 19.8. The van der Waals surface area contributed by atoms with Gasteiger partial charge in [-0.2, -0.15) is 4.98 Å². The number of rotatable bonds is 7. The minimum absolute atomic E-state index is 0.551. The van der Waals surface area contributed by atoms with Crippen LogP contribution in [0, 0.1) is 0 Å². The number of nitrogens with one attached hydrogen (secondary N) is 1. The minimum Gasteiger partial charge on any atom is -0.492 e. The Morgan fingerprint density at radius 2 is 1.85 bits per heavy atom. The number of nitrogens with zero attached hydrogens (tertiary/aromatic N) is 4. The fraction of sp³-hybridized carbons (Fsp3) is 0.231. The average Bonchev–Trinajstić information content (AvgIpc) is 3.60. The number of hydrogen-bond acceptors (Lipinski definition) is 6. The van der Waals surface area contributed by atoms with Crippen LogP contribution in [0.15, 0.2) is 77.4 Å². The Morgan fingerprint density at radius 3 is 2.73 bits per heavy atom. The predicted octanol–water partition coefficient (Wildman–Crippen LogP) is 5.36. The van der Waals surface area contributed by atoms with Crippen LogP contribution in [0.25, 0.3) is 27.9 Å². The summed E-state index contributed by atoms with van der Waals surface area (Å²) in [5, 5.41) is 9.07. The fourth-order valence-electron chi connectivity index (χ4n) is 4.37. The van der Waals surface area contributed by atoms with Crippen LogP contribution in [0.5, 0.6) is 5.75 Å². The highest BCUT2D eigenvalue weighted by atomic mass is 16.5. The lowest BCUT2D eigenvalue weighted by Gasteiger charge is -2.15. The van der Waals surface area contributed by atoms with Crippen LogP contribution in [0.3, 0.4) is 0 Å². The predicted molar refractivity (Wildman–Crippen MR) is 129 cm³/mol. The monoisotopic (exact) mass is 439 g/mol. The van der Waals surface area contributed by atoms with Crippen LogP contribution in [-0.2, 0) is 0 Å². The van der Waals surface area contributed by atoms with Gasteiger partial charge in [-0.15, -0.1) is 5.10 Å². The number of hydrogen-bond donors (Lipinski definition) is 1. The highest BCUT2D eigenvalue weighted by molar-refractivity contribution is 5.83. The lowest BCUT2D eigenvalue weighted by atomic mass is 10.1. The van der Waals surface area contributed by atoms with Crippen molar-refractivity contribution in [3.8, 4) is 17.0 Å². The van der Waals surface area contributed by atoms with Gasteiger partial charge in [-0.25, -0.2) is 4.52 Å². The van der Waals surface area contributed by atoms with Gasteiger partial charge in [-0.3, -0.25) is 4.90 Å². The molecular formula is C26H25N5O2. The van der Waals surface area contributed by atoms with E-state index >= 15 is 0 Å². The molecule has 0 spiro atoms. The third kappa shape index (κ3) is 4.15. The maximum atomic E-state index is 5.90. The summed E-state index contributed by atoms with van der Waals surface area (Å²) in [6.07, 6.45) is 4.31. The normalized spacial score (nSPS) is 14.3. The molecule has 1 aliphatic heterocycles. The maximum absolute atomic E-state index is 5.90. The molecule has 0 amide bonds. The van der Waals surface area contributed by atoms with E-state index in [2.05, 4.69) is 21.3 Å². The van der Waals surface area contributed by atoms with E-state index in [1.807, 2.05) is 65.2 Å². The molecule has 0 aliphatic carbocycles. The highest BCUT2D eigenvalue weighted by Crippen LogP contribution is 2.26. The van der Waals surface area contributed by atoms with Gasteiger partial charge < -0.3 is 14.5 Å². The number of aromatic nitrogens is 3. The quantitative estimate of drug-likeness (QED) is 0.368. The van der Waals surface area contributed by atoms with Crippen molar-refractivity contribution in [3.05, 3.63) is 73.0 Å². The van der Waals surface area contributed by atoms with Gasteiger partial charge in [0.25, 0.3) is 0 Å². The zero-order valence-electron chi connectivity index (χ0n) is 18.3. The second-order valence-electron chi connectivity index (χ2n) is 8.34. The molecule has 1 N–H and O–H groups in total. The van der Waals surface area contributed by atoms with E-state index < -0.39 is 0 Å². The molecule has 7 nitrogen and oxygen atoms in total. The summed E-state index contributed by atoms with van der Waals surface area (Å²) < 4.78 is 13.2. The molecule has 5 aromatic rings. The summed E-state index contributed by atoms with van der Waals surface area (Å²) in [6, 6.07) is 22.0.